The Bertz CT molecular complexity index is 460. The third-order valence-corrected chi connectivity index (χ3v) is 6.96. The Morgan fingerprint density at radius 2 is 0.730 bits per heavy atom. The molecular weight excluding hydrogens is 669 g/mol. The minimum absolute atomic E-state index is 0. The van der Waals surface area contributed by atoms with Crippen LogP contribution in [-0.2, 0) is 27.3 Å². The van der Waals surface area contributed by atoms with Crippen molar-refractivity contribution in [1.82, 2.24) is 0 Å². The molecule has 217 valence electrons. The summed E-state index contributed by atoms with van der Waals surface area (Å²) in [5, 5.41) is 0. The molecule has 9 nitrogen and oxygen atoms in total. The molecule has 0 aliphatic carbocycles. The summed E-state index contributed by atoms with van der Waals surface area (Å²) in [7, 11) is -7.96. The second-order valence-corrected chi connectivity index (χ2v) is 10.9. The largest absolute Gasteiger partial charge is 3.00 e. The first kappa shape index (κ1) is 45.4. The van der Waals surface area contributed by atoms with E-state index < -0.39 is 24.8 Å². The summed E-state index contributed by atoms with van der Waals surface area (Å²) in [6, 6.07) is 0. The van der Waals surface area contributed by atoms with Crippen molar-refractivity contribution in [3.63, 3.8) is 0 Å². The second-order valence-electron chi connectivity index (χ2n) is 8.81. The molecule has 0 aromatic carbocycles. The van der Waals surface area contributed by atoms with Crippen molar-refractivity contribution in [2.24, 2.45) is 17.8 Å². The molecule has 0 aliphatic heterocycles. The summed E-state index contributed by atoms with van der Waals surface area (Å²) < 4.78 is 44.0. The minimum atomic E-state index is -2.65. The van der Waals surface area contributed by atoms with Crippen LogP contribution in [-0.4, -0.2) is 19.8 Å². The quantitative estimate of drug-likeness (QED) is 0.118. The van der Waals surface area contributed by atoms with Crippen molar-refractivity contribution >= 4 is 24.8 Å². The molecule has 0 bridgehead atoms. The molecule has 0 rings (SSSR count). The van der Waals surface area contributed by atoms with E-state index in [4.69, 9.17) is 0 Å². The summed E-state index contributed by atoms with van der Waals surface area (Å²) in [6.45, 7) is 13.6. The SMILES string of the molecule is CCCCC(CC)CO[P+](=O)[O-].CCCCC(CC)CO[P+](=O)[O-].CCCCC(CC)CO[P+](=O)[O-].[Nd+3]. The zero-order valence-corrected chi connectivity index (χ0v) is 29.7. The zero-order valence-electron chi connectivity index (χ0n) is 23.9. The van der Waals surface area contributed by atoms with Crippen LogP contribution in [0, 0.1) is 58.6 Å². The fourth-order valence-electron chi connectivity index (χ4n) is 3.19. The number of unbranched alkanes of at least 4 members (excludes halogenated alkanes) is 3. The van der Waals surface area contributed by atoms with Crippen molar-refractivity contribution in [1.29, 1.82) is 0 Å². The average molecular weight is 721 g/mol. The van der Waals surface area contributed by atoms with Crippen molar-refractivity contribution in [3.05, 3.63) is 0 Å². The van der Waals surface area contributed by atoms with Gasteiger partial charge in [-0.3, -0.25) is 0 Å². The molecule has 37 heavy (non-hydrogen) atoms. The van der Waals surface area contributed by atoms with E-state index in [-0.39, 0.29) is 40.8 Å². The summed E-state index contributed by atoms with van der Waals surface area (Å²) in [4.78, 5) is 30.3. The molecule has 6 unspecified atom stereocenters. The summed E-state index contributed by atoms with van der Waals surface area (Å²) in [6.07, 6.45) is 13.1. The van der Waals surface area contributed by atoms with Gasteiger partial charge in [-0.2, -0.15) is 0 Å². The van der Waals surface area contributed by atoms with Gasteiger partial charge < -0.3 is 14.7 Å². The van der Waals surface area contributed by atoms with Crippen molar-refractivity contribution in [2.75, 3.05) is 19.8 Å². The number of rotatable bonds is 21. The van der Waals surface area contributed by atoms with Crippen LogP contribution in [0.2, 0.25) is 0 Å². The first-order valence-electron chi connectivity index (χ1n) is 13.4. The van der Waals surface area contributed by atoms with Crippen LogP contribution in [0.25, 0.3) is 0 Å². The molecule has 0 aliphatic rings. The van der Waals surface area contributed by atoms with Gasteiger partial charge in [0, 0.05) is 0 Å². The van der Waals surface area contributed by atoms with Crippen LogP contribution in [0.1, 0.15) is 119 Å². The zero-order chi connectivity index (χ0) is 28.2. The van der Waals surface area contributed by atoms with Gasteiger partial charge in [-0.05, 0) is 50.7 Å². The number of hydrogen-bond donors (Lipinski definition) is 0. The molecule has 0 fully saturated rings. The third kappa shape index (κ3) is 39.6. The second kappa shape index (κ2) is 35.4. The molecule has 0 heterocycles. The molecule has 0 aromatic heterocycles. The Balaban J connectivity index is -0.000000218. The third-order valence-electron chi connectivity index (χ3n) is 5.88. The smallest absolute Gasteiger partial charge is 0.566 e. The van der Waals surface area contributed by atoms with Crippen molar-refractivity contribution in [2.45, 2.75) is 119 Å². The van der Waals surface area contributed by atoms with Crippen molar-refractivity contribution < 1.29 is 82.8 Å². The van der Waals surface area contributed by atoms with Gasteiger partial charge in [0.1, 0.15) is 19.8 Å². The van der Waals surface area contributed by atoms with Gasteiger partial charge in [0.25, 0.3) is 0 Å². The van der Waals surface area contributed by atoms with Gasteiger partial charge in [-0.15, -0.1) is 13.6 Å². The summed E-state index contributed by atoms with van der Waals surface area (Å²) in [5.74, 6) is 1.20. The average Bonchev–Trinajstić information content (AvgIpc) is 2.85. The minimum Gasteiger partial charge on any atom is -0.566 e. The van der Waals surface area contributed by atoms with E-state index in [0.29, 0.717) is 37.6 Å². The van der Waals surface area contributed by atoms with Gasteiger partial charge in [-0.1, -0.05) is 99.3 Å². The van der Waals surface area contributed by atoms with Gasteiger partial charge in [0.2, 0.25) is 0 Å². The van der Waals surface area contributed by atoms with Crippen LogP contribution < -0.4 is 14.7 Å². The fourth-order valence-corrected chi connectivity index (χ4v) is 4.19. The molecule has 0 saturated carbocycles. The van der Waals surface area contributed by atoms with Crippen LogP contribution >= 0.6 is 24.8 Å². The first-order chi connectivity index (χ1) is 17.1. The van der Waals surface area contributed by atoms with E-state index in [1.165, 1.54) is 0 Å². The van der Waals surface area contributed by atoms with Gasteiger partial charge in [0.15, 0.2) is 0 Å². The predicted molar refractivity (Wildman–Crippen MR) is 141 cm³/mol. The Labute approximate surface area is 262 Å². The van der Waals surface area contributed by atoms with Crippen LogP contribution in [0.5, 0.6) is 0 Å². The molecule has 0 aromatic rings. The molecule has 1 radical (unpaired) electrons. The monoisotopic (exact) mass is 718 g/mol. The molecule has 0 amide bonds. The van der Waals surface area contributed by atoms with Crippen LogP contribution in [0.3, 0.4) is 0 Å². The van der Waals surface area contributed by atoms with E-state index >= 15 is 0 Å². The maximum Gasteiger partial charge on any atom is 3.00 e. The van der Waals surface area contributed by atoms with E-state index in [1.807, 2.05) is 0 Å². The van der Waals surface area contributed by atoms with Gasteiger partial charge >= 0.3 is 65.6 Å². The standard InChI is InChI=1S/3C8H17O3P.Nd/c3*1-3-5-6-8(4-2)7-11-12(9)10;/h3*8H,3-7H2,1-2H3;/q;;;+3. The Morgan fingerprint density at radius 1 is 0.514 bits per heavy atom. The van der Waals surface area contributed by atoms with Crippen LogP contribution in [0.15, 0.2) is 0 Å². The molecule has 0 N–H and O–H groups in total. The van der Waals surface area contributed by atoms with Gasteiger partial charge in [-0.25, -0.2) is 0 Å². The maximum atomic E-state index is 10.1. The molecule has 0 saturated heterocycles. The maximum absolute atomic E-state index is 10.1. The Hall–Kier alpha value is 1.41. The molecule has 6 atom stereocenters. The molecular formula is C24H51NdO9P3+3. The van der Waals surface area contributed by atoms with Crippen LogP contribution in [0.4, 0.5) is 0 Å². The topological polar surface area (TPSA) is 148 Å². The first-order valence-corrected chi connectivity index (χ1v) is 16.7. The van der Waals surface area contributed by atoms with E-state index in [0.717, 1.165) is 77.0 Å². The number of hydrogen-bond acceptors (Lipinski definition) is 9. The Morgan fingerprint density at radius 3 is 0.865 bits per heavy atom. The van der Waals surface area contributed by atoms with Gasteiger partial charge in [0.05, 0.1) is 0 Å². The van der Waals surface area contributed by atoms with E-state index in [9.17, 15) is 28.4 Å². The van der Waals surface area contributed by atoms with E-state index in [1.54, 1.807) is 0 Å². The molecule has 0 spiro atoms. The predicted octanol–water partition coefficient (Wildman–Crippen LogP) is 6.71. The fraction of sp³-hybridized carbons (Fsp3) is 1.00. The van der Waals surface area contributed by atoms with E-state index in [2.05, 4.69) is 55.1 Å². The molecule has 13 heteroatoms. The van der Waals surface area contributed by atoms with Crippen molar-refractivity contribution in [3.8, 4) is 0 Å². The summed E-state index contributed by atoms with van der Waals surface area (Å²) in [5.41, 5.74) is 0. The normalized spacial score (nSPS) is 14.0. The Kier molecular flexibility index (Phi) is 43.5. The summed E-state index contributed by atoms with van der Waals surface area (Å²) >= 11 is 0.